The molecule has 322 valence electrons. The number of fused-ring (bicyclic) bond motifs is 20. The van der Waals surface area contributed by atoms with Crippen molar-refractivity contribution in [2.45, 2.75) is 0 Å². The minimum atomic E-state index is 0.421. The van der Waals surface area contributed by atoms with Gasteiger partial charge in [0.1, 0.15) is 68.6 Å². The molecular weight excluding hydrogens is 849 g/mol. The molecule has 0 unspecified atom stereocenters. The van der Waals surface area contributed by atoms with Gasteiger partial charge in [-0.25, -0.2) is 29.9 Å². The van der Waals surface area contributed by atoms with E-state index in [-0.39, 0.29) is 0 Å². The smallest absolute Gasteiger partial charge is 0.164 e. The first-order valence-electron chi connectivity index (χ1n) is 21.9. The molecule has 0 atom stereocenters. The monoisotopic (exact) mass is 882 g/mol. The van der Waals surface area contributed by atoms with Gasteiger partial charge >= 0.3 is 0 Å². The van der Waals surface area contributed by atoms with Crippen LogP contribution in [0.25, 0.3) is 89.7 Å². The largest absolute Gasteiger partial charge is 0.457 e. The Kier molecular flexibility index (Phi) is 9.17. The summed E-state index contributed by atoms with van der Waals surface area (Å²) in [6, 6.07) is 62.0. The van der Waals surface area contributed by atoms with E-state index in [0.717, 1.165) is 43.8 Å². The molecule has 12 nitrogen and oxygen atoms in total. The second-order valence-corrected chi connectivity index (χ2v) is 16.1. The molecule has 2 aliphatic heterocycles. The molecule has 0 aliphatic carbocycles. The maximum Gasteiger partial charge on any atom is 0.164 e. The predicted octanol–water partition coefficient (Wildman–Crippen LogP) is 14.0. The summed E-state index contributed by atoms with van der Waals surface area (Å²) in [5, 5.41) is 3.12. The summed E-state index contributed by atoms with van der Waals surface area (Å²) < 4.78 is 25.4. The molecule has 68 heavy (non-hydrogen) atoms. The first kappa shape index (κ1) is 38.8. The van der Waals surface area contributed by atoms with Gasteiger partial charge in [-0.15, -0.1) is 0 Å². The number of aromatic nitrogens is 8. The minimum absolute atomic E-state index is 0.421. The summed E-state index contributed by atoms with van der Waals surface area (Å²) in [5.74, 6) is 7.06. The molecule has 2 N–H and O–H groups in total. The molecular formula is C56H34N8O4. The number of H-pyrrole nitrogens is 2. The minimum Gasteiger partial charge on any atom is -0.457 e. The van der Waals surface area contributed by atoms with Crippen LogP contribution in [0.15, 0.2) is 194 Å². The highest BCUT2D eigenvalue weighted by Gasteiger charge is 2.24. The number of nitrogens with one attached hydrogen (secondary N) is 2. The third kappa shape index (κ3) is 7.24. The van der Waals surface area contributed by atoms with E-state index in [9.17, 15) is 0 Å². The van der Waals surface area contributed by atoms with Crippen LogP contribution >= 0.6 is 0 Å². The highest BCUT2D eigenvalue weighted by Crippen LogP contribution is 2.41. The molecule has 0 saturated carbocycles. The Labute approximate surface area is 387 Å². The molecule has 0 saturated heterocycles. The van der Waals surface area contributed by atoms with E-state index < -0.39 is 0 Å². The molecule has 8 aromatic carbocycles. The summed E-state index contributed by atoms with van der Waals surface area (Å²) in [4.78, 5) is 38.4. The van der Waals surface area contributed by atoms with Crippen molar-refractivity contribution in [2.75, 3.05) is 0 Å². The molecule has 8 bridgehead atoms. The van der Waals surface area contributed by atoms with Crippen LogP contribution in [-0.4, -0.2) is 39.9 Å². The third-order valence-electron chi connectivity index (χ3n) is 11.6. The molecule has 0 spiro atoms. The van der Waals surface area contributed by atoms with Gasteiger partial charge in [-0.1, -0.05) is 72.8 Å². The third-order valence-corrected chi connectivity index (χ3v) is 11.6. The van der Waals surface area contributed by atoms with Crippen molar-refractivity contribution in [3.05, 3.63) is 194 Å². The van der Waals surface area contributed by atoms with Crippen LogP contribution in [-0.2, 0) is 0 Å². The topological polar surface area (TPSA) is 146 Å². The second-order valence-electron chi connectivity index (χ2n) is 16.1. The Morgan fingerprint density at radius 3 is 0.882 bits per heavy atom. The van der Waals surface area contributed by atoms with Gasteiger partial charge < -0.3 is 28.9 Å². The van der Waals surface area contributed by atoms with Crippen molar-refractivity contribution >= 4 is 44.1 Å². The first-order valence-corrected chi connectivity index (χ1v) is 21.9. The standard InChI is InChI=1S/C56H34N8O4/c1-5-13-33(14-6-1)65-37-21-25-41-45(29-37)53-58-49(41)57-50-42-26-22-38(66-34-15-7-2-8-16-34)30-46(42)54(59-50)61-52-44-28-24-40(68-36-19-11-4-12-20-36)32-48(44)56(63-52)64-55-47-31-39(67-35-17-9-3-10-18-35)23-27-43(47)51(60-53)62-55/h1-32H,(H2,57,58,59,60,61,62,63,64). The normalized spacial score (nSPS) is 11.5. The summed E-state index contributed by atoms with van der Waals surface area (Å²) in [5.41, 5.74) is 5.12. The zero-order chi connectivity index (χ0) is 45.0. The highest BCUT2D eigenvalue weighted by atomic mass is 16.5. The highest BCUT2D eigenvalue weighted by molar-refractivity contribution is 6.07. The predicted molar refractivity (Wildman–Crippen MR) is 262 cm³/mol. The maximum atomic E-state index is 6.35. The van der Waals surface area contributed by atoms with E-state index >= 15 is 0 Å². The molecule has 0 fully saturated rings. The Morgan fingerprint density at radius 1 is 0.235 bits per heavy atom. The molecule has 3 aromatic heterocycles. The van der Waals surface area contributed by atoms with E-state index in [1.165, 1.54) is 0 Å². The number of benzene rings is 8. The average molecular weight is 883 g/mol. The van der Waals surface area contributed by atoms with Crippen LogP contribution in [0.3, 0.4) is 0 Å². The summed E-state index contributed by atoms with van der Waals surface area (Å²) >= 11 is 0. The number of aromatic amines is 2. The fourth-order valence-corrected chi connectivity index (χ4v) is 8.46. The fourth-order valence-electron chi connectivity index (χ4n) is 8.46. The van der Waals surface area contributed by atoms with Crippen molar-refractivity contribution in [3.8, 4) is 91.5 Å². The van der Waals surface area contributed by atoms with Crippen LogP contribution in [0.4, 0.5) is 0 Å². The lowest BCUT2D eigenvalue weighted by Crippen LogP contribution is -1.87. The number of para-hydroxylation sites is 4. The molecule has 0 amide bonds. The number of hydrogen-bond donors (Lipinski definition) is 2. The van der Waals surface area contributed by atoms with Crippen LogP contribution < -0.4 is 18.9 Å². The molecule has 5 heterocycles. The molecule has 0 radical (unpaired) electrons. The van der Waals surface area contributed by atoms with Crippen molar-refractivity contribution < 1.29 is 18.9 Å². The quantitative estimate of drug-likeness (QED) is 0.151. The maximum absolute atomic E-state index is 6.35. The van der Waals surface area contributed by atoms with Crippen molar-refractivity contribution in [1.82, 2.24) is 39.9 Å². The Morgan fingerprint density at radius 2 is 0.529 bits per heavy atom. The van der Waals surface area contributed by atoms with Crippen molar-refractivity contribution in [1.29, 1.82) is 0 Å². The lowest BCUT2D eigenvalue weighted by molar-refractivity contribution is 0.482. The zero-order valence-corrected chi connectivity index (χ0v) is 35.8. The second kappa shape index (κ2) is 16.1. The van der Waals surface area contributed by atoms with Crippen LogP contribution in [0.5, 0.6) is 46.0 Å². The van der Waals surface area contributed by atoms with Gasteiger partial charge in [-0.05, 0) is 121 Å². The van der Waals surface area contributed by atoms with Gasteiger partial charge in [-0.2, -0.15) is 0 Å². The van der Waals surface area contributed by atoms with Gasteiger partial charge in [0.2, 0.25) is 0 Å². The average Bonchev–Trinajstić information content (AvgIpc) is 4.10. The SMILES string of the molecule is c1ccc(Oc2ccc3c(c2)-c2nc-3nc3[nH]c(nc4nc(nc5[nH]c(n2)c2ccc(Oc6ccccc6)cc52)-c2cc(Oc5ccccc5)ccc2-4)c2cc(Oc4ccccc4)ccc32)cc1. The van der Waals surface area contributed by atoms with E-state index in [0.29, 0.717) is 91.9 Å². The van der Waals surface area contributed by atoms with Gasteiger partial charge in [0.25, 0.3) is 0 Å². The van der Waals surface area contributed by atoms with Gasteiger partial charge in [0.15, 0.2) is 23.3 Å². The lowest BCUT2D eigenvalue weighted by Gasteiger charge is -2.07. The van der Waals surface area contributed by atoms with Crippen LogP contribution in [0.1, 0.15) is 0 Å². The fraction of sp³-hybridized carbons (Fsp3) is 0. The summed E-state index contributed by atoms with van der Waals surface area (Å²) in [6.07, 6.45) is 0. The summed E-state index contributed by atoms with van der Waals surface area (Å²) in [6.45, 7) is 0. The number of ether oxygens (including phenoxy) is 4. The van der Waals surface area contributed by atoms with E-state index in [2.05, 4.69) is 9.97 Å². The van der Waals surface area contributed by atoms with Crippen LogP contribution in [0.2, 0.25) is 0 Å². The molecule has 13 rings (SSSR count). The molecule has 12 heteroatoms. The Bertz CT molecular complexity index is 3920. The number of rotatable bonds is 8. The summed E-state index contributed by atoms with van der Waals surface area (Å²) in [7, 11) is 0. The Balaban J connectivity index is 1.09. The van der Waals surface area contributed by atoms with Gasteiger partial charge in [0, 0.05) is 43.8 Å². The zero-order valence-electron chi connectivity index (χ0n) is 35.8. The van der Waals surface area contributed by atoms with Crippen LogP contribution in [0, 0.1) is 0 Å². The van der Waals surface area contributed by atoms with E-state index in [4.69, 9.17) is 48.9 Å². The molecule has 11 aromatic rings. The van der Waals surface area contributed by atoms with Crippen molar-refractivity contribution in [3.63, 3.8) is 0 Å². The lowest BCUT2D eigenvalue weighted by atomic mass is 10.1. The van der Waals surface area contributed by atoms with E-state index in [1.807, 2.05) is 194 Å². The van der Waals surface area contributed by atoms with E-state index in [1.54, 1.807) is 0 Å². The van der Waals surface area contributed by atoms with Gasteiger partial charge in [0.05, 0.1) is 0 Å². The number of nitrogens with zero attached hydrogens (tertiary/aromatic N) is 6. The first-order chi connectivity index (χ1) is 33.6. The molecule has 2 aliphatic rings. The number of hydrogen-bond acceptors (Lipinski definition) is 10. The van der Waals surface area contributed by atoms with Gasteiger partial charge in [-0.3, -0.25) is 0 Å². The Hall–Kier alpha value is -9.68. The van der Waals surface area contributed by atoms with Crippen molar-refractivity contribution in [2.24, 2.45) is 0 Å².